The minimum Gasteiger partial charge on any atom is -0.494 e. The monoisotopic (exact) mass is 439 g/mol. The third-order valence-electron chi connectivity index (χ3n) is 6.30. The van der Waals surface area contributed by atoms with Gasteiger partial charge in [-0.25, -0.2) is 9.07 Å². The first-order valence-corrected chi connectivity index (χ1v) is 11.0. The molecule has 0 unspecified atom stereocenters. The number of H-pyrrole nitrogens is 1. The number of hydrogen-bond acceptors (Lipinski definition) is 6. The van der Waals surface area contributed by atoms with E-state index in [0.717, 1.165) is 55.7 Å². The van der Waals surface area contributed by atoms with Gasteiger partial charge < -0.3 is 9.64 Å². The number of ether oxygens (including phenoxy) is 1. The Bertz CT molecular complexity index is 1120. The molecular weight excluding hydrogens is 413 g/mol. The van der Waals surface area contributed by atoms with E-state index in [1.165, 1.54) is 13.2 Å². The fourth-order valence-corrected chi connectivity index (χ4v) is 4.51. The van der Waals surface area contributed by atoms with Crippen molar-refractivity contribution in [1.29, 1.82) is 0 Å². The highest BCUT2D eigenvalue weighted by atomic mass is 19.1. The first-order chi connectivity index (χ1) is 15.6. The molecule has 0 radical (unpaired) electrons. The summed E-state index contributed by atoms with van der Waals surface area (Å²) >= 11 is 0. The van der Waals surface area contributed by atoms with Gasteiger partial charge in [-0.15, -0.1) is 5.10 Å². The molecule has 1 N–H and O–H groups in total. The van der Waals surface area contributed by atoms with E-state index in [2.05, 4.69) is 25.4 Å². The predicted octanol–water partition coefficient (Wildman–Crippen LogP) is 1.97. The van der Waals surface area contributed by atoms with Crippen LogP contribution >= 0.6 is 0 Å². The highest BCUT2D eigenvalue weighted by Crippen LogP contribution is 2.24. The second-order valence-electron chi connectivity index (χ2n) is 8.26. The molecule has 3 aromatic rings. The highest BCUT2D eigenvalue weighted by Gasteiger charge is 2.28. The molecule has 0 spiro atoms. The Balaban J connectivity index is 1.23. The maximum atomic E-state index is 14.1. The number of piperazine rings is 1. The highest BCUT2D eigenvalue weighted by molar-refractivity contribution is 5.94. The zero-order valence-electron chi connectivity index (χ0n) is 18.1. The van der Waals surface area contributed by atoms with Gasteiger partial charge in [-0.3, -0.25) is 14.8 Å². The first kappa shape index (κ1) is 20.6. The summed E-state index contributed by atoms with van der Waals surface area (Å²) in [6, 6.07) is 4.72. The standard InChI is InChI=1S/C22H26FN7O2/c1-32-20-7-6-15(12-18(20)23)30-16(13-24-27-30)14-28-8-10-29(11-9-28)22(31)21-17-4-2-3-5-19(17)25-26-21/h6-7,12-13H,2-5,8-11,14H2,1H3,(H,25,26). The van der Waals surface area contributed by atoms with E-state index in [1.54, 1.807) is 23.0 Å². The number of aromatic nitrogens is 5. The number of nitrogens with zero attached hydrogens (tertiary/aromatic N) is 6. The van der Waals surface area contributed by atoms with Crippen LogP contribution < -0.4 is 4.74 Å². The number of hydrogen-bond donors (Lipinski definition) is 1. The van der Waals surface area contributed by atoms with Crippen LogP contribution in [0.5, 0.6) is 5.75 Å². The van der Waals surface area contributed by atoms with Crippen molar-refractivity contribution in [2.24, 2.45) is 0 Å². The molecule has 5 rings (SSSR count). The fraction of sp³-hybridized carbons (Fsp3) is 0.455. The summed E-state index contributed by atoms with van der Waals surface area (Å²) in [4.78, 5) is 17.2. The molecule has 0 saturated carbocycles. The van der Waals surface area contributed by atoms with E-state index in [9.17, 15) is 9.18 Å². The lowest BCUT2D eigenvalue weighted by atomic mass is 9.95. The van der Waals surface area contributed by atoms with Crippen molar-refractivity contribution in [1.82, 2.24) is 35.0 Å². The largest absolute Gasteiger partial charge is 0.494 e. The van der Waals surface area contributed by atoms with Gasteiger partial charge in [0.2, 0.25) is 0 Å². The van der Waals surface area contributed by atoms with Crippen LogP contribution in [0.15, 0.2) is 24.4 Å². The van der Waals surface area contributed by atoms with Crippen LogP contribution in [-0.2, 0) is 19.4 Å². The van der Waals surface area contributed by atoms with Crippen LogP contribution in [0.3, 0.4) is 0 Å². The van der Waals surface area contributed by atoms with Gasteiger partial charge in [0, 0.05) is 50.0 Å². The molecule has 168 valence electrons. The summed E-state index contributed by atoms with van der Waals surface area (Å²) in [6.07, 6.45) is 5.85. The van der Waals surface area contributed by atoms with Gasteiger partial charge >= 0.3 is 0 Å². The Morgan fingerprint density at radius 1 is 1.19 bits per heavy atom. The number of halogens is 1. The lowest BCUT2D eigenvalue weighted by Gasteiger charge is -2.34. The van der Waals surface area contributed by atoms with Gasteiger partial charge in [-0.1, -0.05) is 5.21 Å². The van der Waals surface area contributed by atoms with Crippen molar-refractivity contribution >= 4 is 5.91 Å². The molecule has 9 nitrogen and oxygen atoms in total. The molecule has 1 fully saturated rings. The summed E-state index contributed by atoms with van der Waals surface area (Å²) in [5.74, 6) is -0.238. The maximum Gasteiger partial charge on any atom is 0.274 e. The van der Waals surface area contributed by atoms with Gasteiger partial charge in [0.1, 0.15) is 0 Å². The van der Waals surface area contributed by atoms with Crippen molar-refractivity contribution in [2.75, 3.05) is 33.3 Å². The van der Waals surface area contributed by atoms with Crippen LogP contribution in [0.2, 0.25) is 0 Å². The topological polar surface area (TPSA) is 92.2 Å². The molecule has 1 aliphatic carbocycles. The molecule has 0 bridgehead atoms. The summed E-state index contributed by atoms with van der Waals surface area (Å²) in [6.45, 7) is 3.36. The molecule has 2 aliphatic rings. The Labute approximate surface area is 185 Å². The second-order valence-corrected chi connectivity index (χ2v) is 8.26. The van der Waals surface area contributed by atoms with E-state index in [0.29, 0.717) is 31.0 Å². The molecular formula is C22H26FN7O2. The number of nitrogens with one attached hydrogen (secondary N) is 1. The molecule has 10 heteroatoms. The summed E-state index contributed by atoms with van der Waals surface area (Å²) < 4.78 is 20.8. The Morgan fingerprint density at radius 2 is 2.00 bits per heavy atom. The average molecular weight is 439 g/mol. The molecule has 3 heterocycles. The quantitative estimate of drug-likeness (QED) is 0.654. The van der Waals surface area contributed by atoms with Gasteiger partial charge in [0.05, 0.1) is 24.7 Å². The Hall–Kier alpha value is -3.27. The SMILES string of the molecule is COc1ccc(-n2nncc2CN2CCN(C(=O)c3n[nH]c4c3CCCC4)CC2)cc1F. The van der Waals surface area contributed by atoms with Crippen molar-refractivity contribution in [3.05, 3.63) is 52.9 Å². The van der Waals surface area contributed by atoms with Crippen molar-refractivity contribution < 1.29 is 13.9 Å². The van der Waals surface area contributed by atoms with E-state index in [1.807, 2.05) is 4.90 Å². The van der Waals surface area contributed by atoms with Crippen molar-refractivity contribution in [3.8, 4) is 11.4 Å². The van der Waals surface area contributed by atoms with E-state index >= 15 is 0 Å². The third-order valence-corrected chi connectivity index (χ3v) is 6.30. The number of methoxy groups -OCH3 is 1. The molecule has 1 aromatic carbocycles. The van der Waals surface area contributed by atoms with E-state index < -0.39 is 5.82 Å². The fourth-order valence-electron chi connectivity index (χ4n) is 4.51. The first-order valence-electron chi connectivity index (χ1n) is 11.0. The molecule has 1 aliphatic heterocycles. The van der Waals surface area contributed by atoms with Gasteiger partial charge in [0.25, 0.3) is 5.91 Å². The summed E-state index contributed by atoms with van der Waals surface area (Å²) in [5, 5.41) is 15.5. The molecule has 32 heavy (non-hydrogen) atoms. The number of amides is 1. The lowest BCUT2D eigenvalue weighted by Crippen LogP contribution is -2.48. The molecule has 0 atom stereocenters. The Kier molecular flexibility index (Phi) is 5.60. The summed E-state index contributed by atoms with van der Waals surface area (Å²) in [7, 11) is 1.43. The lowest BCUT2D eigenvalue weighted by molar-refractivity contribution is 0.0619. The number of fused-ring (bicyclic) bond motifs is 1. The zero-order chi connectivity index (χ0) is 22.1. The number of rotatable bonds is 5. The van der Waals surface area contributed by atoms with Crippen LogP contribution in [-0.4, -0.2) is 74.2 Å². The van der Waals surface area contributed by atoms with Crippen molar-refractivity contribution in [3.63, 3.8) is 0 Å². The van der Waals surface area contributed by atoms with Crippen LogP contribution in [0.25, 0.3) is 5.69 Å². The molecule has 1 amide bonds. The van der Waals surface area contributed by atoms with E-state index in [-0.39, 0.29) is 11.7 Å². The number of aromatic amines is 1. The van der Waals surface area contributed by atoms with Crippen LogP contribution in [0.1, 0.15) is 40.3 Å². The number of carbonyl (C=O) groups is 1. The summed E-state index contributed by atoms with van der Waals surface area (Å²) in [5.41, 5.74) is 4.26. The molecule has 2 aromatic heterocycles. The normalized spacial score (nSPS) is 16.8. The Morgan fingerprint density at radius 3 is 2.78 bits per heavy atom. The van der Waals surface area contributed by atoms with Crippen LogP contribution in [0, 0.1) is 5.82 Å². The van der Waals surface area contributed by atoms with Crippen molar-refractivity contribution in [2.45, 2.75) is 32.2 Å². The third kappa shape index (κ3) is 3.86. The smallest absolute Gasteiger partial charge is 0.274 e. The van der Waals surface area contributed by atoms with Crippen LogP contribution in [0.4, 0.5) is 4.39 Å². The number of aryl methyl sites for hydroxylation is 1. The number of benzene rings is 1. The van der Waals surface area contributed by atoms with E-state index in [4.69, 9.17) is 4.74 Å². The maximum absolute atomic E-state index is 14.1. The minimum atomic E-state index is -0.445. The minimum absolute atomic E-state index is 0.0180. The van der Waals surface area contributed by atoms with Gasteiger partial charge in [-0.2, -0.15) is 5.10 Å². The zero-order valence-corrected chi connectivity index (χ0v) is 18.1. The number of carbonyl (C=O) groups excluding carboxylic acids is 1. The second kappa shape index (κ2) is 8.70. The predicted molar refractivity (Wildman–Crippen MR) is 114 cm³/mol. The average Bonchev–Trinajstić information content (AvgIpc) is 3.46. The van der Waals surface area contributed by atoms with Gasteiger partial charge in [-0.05, 0) is 37.8 Å². The van der Waals surface area contributed by atoms with Gasteiger partial charge in [0.15, 0.2) is 17.3 Å². The molecule has 1 saturated heterocycles.